The number of benzene rings is 1. The molecule has 1 unspecified atom stereocenters. The van der Waals surface area contributed by atoms with Crippen LogP contribution in [0.2, 0.25) is 0 Å². The number of ether oxygens (including phenoxy) is 1. The van der Waals surface area contributed by atoms with Crippen molar-refractivity contribution in [2.24, 2.45) is 0 Å². The summed E-state index contributed by atoms with van der Waals surface area (Å²) in [4.78, 5) is 0. The zero-order valence-corrected chi connectivity index (χ0v) is 12.3. The highest BCUT2D eigenvalue weighted by atomic mass is 32.2. The first-order valence-electron chi connectivity index (χ1n) is 6.27. The van der Waals surface area contributed by atoms with Crippen LogP contribution in [0.1, 0.15) is 32.4 Å². The molecule has 1 aromatic rings. The molecule has 0 aromatic heterocycles. The van der Waals surface area contributed by atoms with Gasteiger partial charge in [0.1, 0.15) is 0 Å². The van der Waals surface area contributed by atoms with Crippen molar-refractivity contribution in [1.82, 2.24) is 5.32 Å². The van der Waals surface area contributed by atoms with Gasteiger partial charge in [-0.2, -0.15) is 11.8 Å². The van der Waals surface area contributed by atoms with Crippen molar-refractivity contribution in [1.29, 1.82) is 0 Å². The number of hydrogen-bond acceptors (Lipinski definition) is 3. The van der Waals surface area contributed by atoms with Crippen LogP contribution in [-0.2, 0) is 0 Å². The Morgan fingerprint density at radius 3 is 2.67 bits per heavy atom. The monoisotopic (exact) mass is 271 g/mol. The maximum absolute atomic E-state index is 14.2. The molecule has 0 heterocycles. The minimum absolute atomic E-state index is 0.0255. The highest BCUT2D eigenvalue weighted by Crippen LogP contribution is 2.28. The first-order chi connectivity index (χ1) is 8.60. The summed E-state index contributed by atoms with van der Waals surface area (Å²) in [5.74, 6) is 0.913. The van der Waals surface area contributed by atoms with Crippen LogP contribution in [0.15, 0.2) is 18.2 Å². The standard InChI is InChI=1S/C14H22FNOS/c1-5-16-12(9-18-10(2)3)11-7-6-8-13(17-4)14(11)15/h6-8,10,12,16H,5,9H2,1-4H3. The van der Waals surface area contributed by atoms with Gasteiger partial charge in [0.2, 0.25) is 0 Å². The van der Waals surface area contributed by atoms with Crippen molar-refractivity contribution in [3.8, 4) is 5.75 Å². The summed E-state index contributed by atoms with van der Waals surface area (Å²) in [6.45, 7) is 7.15. The molecule has 0 saturated heterocycles. The highest BCUT2D eigenvalue weighted by Gasteiger charge is 2.18. The molecule has 2 nitrogen and oxygen atoms in total. The lowest BCUT2D eigenvalue weighted by Crippen LogP contribution is -2.24. The molecule has 1 aromatic carbocycles. The van der Waals surface area contributed by atoms with Crippen molar-refractivity contribution in [2.75, 3.05) is 19.4 Å². The average molecular weight is 271 g/mol. The van der Waals surface area contributed by atoms with Crippen LogP contribution in [-0.4, -0.2) is 24.7 Å². The number of nitrogens with one attached hydrogen (secondary N) is 1. The quantitative estimate of drug-likeness (QED) is 0.818. The van der Waals surface area contributed by atoms with Crippen LogP contribution in [0.3, 0.4) is 0 Å². The van der Waals surface area contributed by atoms with Gasteiger partial charge in [-0.25, -0.2) is 4.39 Å². The summed E-state index contributed by atoms with van der Waals surface area (Å²) in [5, 5.41) is 3.87. The van der Waals surface area contributed by atoms with Gasteiger partial charge in [-0.1, -0.05) is 32.9 Å². The third-order valence-electron chi connectivity index (χ3n) is 2.64. The van der Waals surface area contributed by atoms with E-state index in [9.17, 15) is 4.39 Å². The third-order valence-corrected chi connectivity index (χ3v) is 3.83. The van der Waals surface area contributed by atoms with E-state index < -0.39 is 0 Å². The van der Waals surface area contributed by atoms with E-state index in [0.29, 0.717) is 16.6 Å². The molecule has 0 amide bonds. The normalized spacial score (nSPS) is 12.8. The smallest absolute Gasteiger partial charge is 0.169 e. The Labute approximate surface area is 113 Å². The molecule has 0 spiro atoms. The molecular formula is C14H22FNOS. The summed E-state index contributed by atoms with van der Waals surface area (Å²) in [7, 11) is 1.49. The van der Waals surface area contributed by atoms with Crippen molar-refractivity contribution in [3.63, 3.8) is 0 Å². The lowest BCUT2D eigenvalue weighted by atomic mass is 10.1. The number of thioether (sulfide) groups is 1. The Morgan fingerprint density at radius 2 is 2.11 bits per heavy atom. The van der Waals surface area contributed by atoms with Gasteiger partial charge in [0, 0.05) is 17.4 Å². The summed E-state index contributed by atoms with van der Waals surface area (Å²) >= 11 is 1.83. The first-order valence-corrected chi connectivity index (χ1v) is 7.32. The summed E-state index contributed by atoms with van der Waals surface area (Å²) in [6.07, 6.45) is 0. The minimum Gasteiger partial charge on any atom is -0.494 e. The molecule has 0 aliphatic rings. The van der Waals surface area contributed by atoms with Gasteiger partial charge in [0.05, 0.1) is 7.11 Å². The zero-order valence-electron chi connectivity index (χ0n) is 11.5. The lowest BCUT2D eigenvalue weighted by molar-refractivity contribution is 0.381. The van der Waals surface area contributed by atoms with Crippen LogP contribution in [0.25, 0.3) is 0 Å². The van der Waals surface area contributed by atoms with Gasteiger partial charge in [0.15, 0.2) is 11.6 Å². The molecule has 102 valence electrons. The van der Waals surface area contributed by atoms with E-state index in [0.717, 1.165) is 12.3 Å². The van der Waals surface area contributed by atoms with Crippen molar-refractivity contribution < 1.29 is 9.13 Å². The molecule has 0 fully saturated rings. The van der Waals surface area contributed by atoms with Gasteiger partial charge in [-0.3, -0.25) is 0 Å². The first kappa shape index (κ1) is 15.3. The number of methoxy groups -OCH3 is 1. The Morgan fingerprint density at radius 1 is 1.39 bits per heavy atom. The Balaban J connectivity index is 2.90. The topological polar surface area (TPSA) is 21.3 Å². The molecule has 0 bridgehead atoms. The van der Waals surface area contributed by atoms with Gasteiger partial charge in [-0.05, 0) is 17.9 Å². The molecule has 1 N–H and O–H groups in total. The average Bonchev–Trinajstić information content (AvgIpc) is 2.35. The van der Waals surface area contributed by atoms with Gasteiger partial charge < -0.3 is 10.1 Å². The fourth-order valence-electron chi connectivity index (χ4n) is 1.75. The fraction of sp³-hybridized carbons (Fsp3) is 0.571. The number of rotatable bonds is 7. The van der Waals surface area contributed by atoms with E-state index in [2.05, 4.69) is 19.2 Å². The molecule has 0 aliphatic carbocycles. The molecule has 1 rings (SSSR count). The SMILES string of the molecule is CCNC(CSC(C)C)c1cccc(OC)c1F. The molecule has 0 radical (unpaired) electrons. The van der Waals surface area contributed by atoms with Gasteiger partial charge in [-0.15, -0.1) is 0 Å². The van der Waals surface area contributed by atoms with Crippen molar-refractivity contribution >= 4 is 11.8 Å². The van der Waals surface area contributed by atoms with Crippen LogP contribution in [0, 0.1) is 5.82 Å². The van der Waals surface area contributed by atoms with Gasteiger partial charge >= 0.3 is 0 Å². The predicted octanol–water partition coefficient (Wildman–Crippen LogP) is 3.63. The van der Waals surface area contributed by atoms with Gasteiger partial charge in [0.25, 0.3) is 0 Å². The Bertz CT molecular complexity index is 371. The van der Waals surface area contributed by atoms with E-state index in [1.807, 2.05) is 30.8 Å². The molecule has 18 heavy (non-hydrogen) atoms. The van der Waals surface area contributed by atoms with E-state index in [-0.39, 0.29) is 11.9 Å². The second kappa shape index (κ2) is 7.64. The molecule has 4 heteroatoms. The molecule has 0 aliphatic heterocycles. The van der Waals surface area contributed by atoms with Crippen LogP contribution < -0.4 is 10.1 Å². The predicted molar refractivity (Wildman–Crippen MR) is 77.0 cm³/mol. The minimum atomic E-state index is -0.254. The summed E-state index contributed by atoms with van der Waals surface area (Å²) in [5.41, 5.74) is 0.685. The Hall–Kier alpha value is -0.740. The summed E-state index contributed by atoms with van der Waals surface area (Å²) < 4.78 is 19.2. The maximum Gasteiger partial charge on any atom is 0.169 e. The van der Waals surface area contributed by atoms with E-state index in [1.165, 1.54) is 7.11 Å². The zero-order chi connectivity index (χ0) is 13.5. The molecule has 1 atom stereocenters. The molecular weight excluding hydrogens is 249 g/mol. The van der Waals surface area contributed by atoms with E-state index in [4.69, 9.17) is 4.74 Å². The van der Waals surface area contributed by atoms with Crippen LogP contribution in [0.5, 0.6) is 5.75 Å². The van der Waals surface area contributed by atoms with Crippen LogP contribution in [0.4, 0.5) is 4.39 Å². The van der Waals surface area contributed by atoms with E-state index in [1.54, 1.807) is 6.07 Å². The third kappa shape index (κ3) is 4.18. The van der Waals surface area contributed by atoms with E-state index >= 15 is 0 Å². The van der Waals surface area contributed by atoms with Crippen molar-refractivity contribution in [2.45, 2.75) is 32.1 Å². The molecule has 0 saturated carbocycles. The highest BCUT2D eigenvalue weighted by molar-refractivity contribution is 7.99. The number of halogens is 1. The Kier molecular flexibility index (Phi) is 6.50. The lowest BCUT2D eigenvalue weighted by Gasteiger charge is -2.20. The maximum atomic E-state index is 14.2. The second-order valence-electron chi connectivity index (χ2n) is 4.36. The largest absolute Gasteiger partial charge is 0.494 e. The second-order valence-corrected chi connectivity index (χ2v) is 5.97. The van der Waals surface area contributed by atoms with Crippen molar-refractivity contribution in [3.05, 3.63) is 29.6 Å². The summed E-state index contributed by atoms with van der Waals surface area (Å²) in [6, 6.07) is 5.34. The fourth-order valence-corrected chi connectivity index (χ4v) is 2.62. The van der Waals surface area contributed by atoms with Crippen LogP contribution >= 0.6 is 11.8 Å². The number of hydrogen-bond donors (Lipinski definition) is 1.